The zero-order valence-electron chi connectivity index (χ0n) is 23.7. The molecule has 38 heavy (non-hydrogen) atoms. The van der Waals surface area contributed by atoms with Gasteiger partial charge in [0.1, 0.15) is 16.8 Å². The van der Waals surface area contributed by atoms with E-state index in [1.165, 1.54) is 0 Å². The van der Waals surface area contributed by atoms with Crippen molar-refractivity contribution >= 4 is 23.6 Å². The highest BCUT2D eigenvalue weighted by atomic mass is 16.6. The second kappa shape index (κ2) is 10.4. The van der Waals surface area contributed by atoms with Gasteiger partial charge in [-0.1, -0.05) is 6.07 Å². The summed E-state index contributed by atoms with van der Waals surface area (Å²) in [5.74, 6) is 0.609. The highest BCUT2D eigenvalue weighted by Gasteiger charge is 2.38. The molecule has 2 aliphatic rings. The molecule has 206 valence electrons. The van der Waals surface area contributed by atoms with E-state index in [1.807, 2.05) is 60.6 Å². The molecule has 1 N–H and O–H groups in total. The van der Waals surface area contributed by atoms with Crippen LogP contribution in [0.4, 0.5) is 16.4 Å². The Morgan fingerprint density at radius 1 is 1.26 bits per heavy atom. The lowest BCUT2D eigenvalue weighted by Gasteiger charge is -2.34. The number of aromatic nitrogens is 2. The first kappa shape index (κ1) is 27.6. The molecule has 10 nitrogen and oxygen atoms in total. The van der Waals surface area contributed by atoms with E-state index in [2.05, 4.69) is 17.1 Å². The molecule has 0 radical (unpaired) electrons. The Hall–Kier alpha value is -3.40. The number of benzene rings is 1. The van der Waals surface area contributed by atoms with Crippen molar-refractivity contribution in [2.45, 2.75) is 72.6 Å². The normalized spacial score (nSPS) is 19.4. The van der Waals surface area contributed by atoms with Crippen LogP contribution in [0.25, 0.3) is 11.3 Å². The molecule has 1 atom stereocenters. The molecule has 1 aromatic heterocycles. The first-order chi connectivity index (χ1) is 17.8. The lowest BCUT2D eigenvalue weighted by molar-refractivity contribution is 0.0541. The fourth-order valence-corrected chi connectivity index (χ4v) is 4.66. The van der Waals surface area contributed by atoms with Gasteiger partial charge in [0.25, 0.3) is 5.91 Å². The van der Waals surface area contributed by atoms with Crippen LogP contribution in [-0.2, 0) is 9.47 Å². The number of ether oxygens (including phenoxy) is 3. The molecular formula is C28H39N5O5. The smallest absolute Gasteiger partial charge is 0.412 e. The van der Waals surface area contributed by atoms with Crippen LogP contribution in [0.1, 0.15) is 64.4 Å². The van der Waals surface area contributed by atoms with Crippen LogP contribution in [0.15, 0.2) is 18.2 Å². The molecule has 0 spiro atoms. The standard InChI is InChI=1S/C28H39N5O5/c1-9-32-16-28(7,8)37-23-21(24(32)34)22(30-25(31-23)33-12-13-36-15-18(33)3)19-10-11-20(17(2)14-19)29-26(35)38-27(4,5)6/h10-11,14,18H,9,12-13,15-16H2,1-8H3,(H,29,35). The summed E-state index contributed by atoms with van der Waals surface area (Å²) in [5, 5.41) is 2.81. The summed E-state index contributed by atoms with van der Waals surface area (Å²) in [5.41, 5.74) is 1.74. The van der Waals surface area contributed by atoms with E-state index < -0.39 is 17.3 Å². The van der Waals surface area contributed by atoms with Crippen LogP contribution in [0, 0.1) is 6.92 Å². The number of hydrogen-bond donors (Lipinski definition) is 1. The average Bonchev–Trinajstić information content (AvgIpc) is 2.91. The van der Waals surface area contributed by atoms with Gasteiger partial charge >= 0.3 is 6.09 Å². The molecule has 1 fully saturated rings. The minimum Gasteiger partial charge on any atom is -0.469 e. The van der Waals surface area contributed by atoms with Crippen molar-refractivity contribution in [3.05, 3.63) is 29.3 Å². The second-order valence-electron chi connectivity index (χ2n) is 11.5. The Labute approximate surface area is 224 Å². The largest absolute Gasteiger partial charge is 0.469 e. The first-order valence-corrected chi connectivity index (χ1v) is 13.1. The van der Waals surface area contributed by atoms with Gasteiger partial charge in [0.15, 0.2) is 0 Å². The SMILES string of the molecule is CCN1CC(C)(C)Oc2nc(N3CCOCC3C)nc(-c3ccc(NC(=O)OC(C)(C)C)c(C)c3)c2C1=O. The minimum absolute atomic E-state index is 0.0680. The van der Waals surface area contributed by atoms with E-state index in [-0.39, 0.29) is 17.8 Å². The maximum absolute atomic E-state index is 13.8. The Kier molecular flexibility index (Phi) is 7.56. The molecule has 2 aromatic rings. The van der Waals surface area contributed by atoms with Gasteiger partial charge in [-0.2, -0.15) is 4.98 Å². The summed E-state index contributed by atoms with van der Waals surface area (Å²) >= 11 is 0. The lowest BCUT2D eigenvalue weighted by atomic mass is 10.0. The van der Waals surface area contributed by atoms with Gasteiger partial charge in [0.05, 0.1) is 31.5 Å². The first-order valence-electron chi connectivity index (χ1n) is 13.1. The molecule has 2 aliphatic heterocycles. The van der Waals surface area contributed by atoms with Gasteiger partial charge in [0.2, 0.25) is 11.8 Å². The zero-order valence-corrected chi connectivity index (χ0v) is 23.7. The summed E-state index contributed by atoms with van der Waals surface area (Å²) in [4.78, 5) is 39.7. The Balaban J connectivity index is 1.82. The summed E-state index contributed by atoms with van der Waals surface area (Å²) < 4.78 is 17.4. The van der Waals surface area contributed by atoms with E-state index >= 15 is 0 Å². The third kappa shape index (κ3) is 6.01. The van der Waals surface area contributed by atoms with Crippen molar-refractivity contribution in [2.75, 3.05) is 43.1 Å². The number of hydrogen-bond acceptors (Lipinski definition) is 8. The number of amides is 2. The number of likely N-dealkylation sites (N-methyl/N-ethyl adjacent to an activating group) is 1. The van der Waals surface area contributed by atoms with Crippen LogP contribution in [0.2, 0.25) is 0 Å². The van der Waals surface area contributed by atoms with Crippen molar-refractivity contribution in [3.8, 4) is 17.1 Å². The molecule has 2 amide bonds. The number of morpholine rings is 1. The maximum Gasteiger partial charge on any atom is 0.412 e. The molecule has 1 unspecified atom stereocenters. The third-order valence-corrected chi connectivity index (χ3v) is 6.45. The Bertz CT molecular complexity index is 1220. The minimum atomic E-state index is -0.631. The number of aryl methyl sites for hydroxylation is 1. The van der Waals surface area contributed by atoms with Crippen LogP contribution in [0.5, 0.6) is 5.88 Å². The summed E-state index contributed by atoms with van der Waals surface area (Å²) in [6, 6.07) is 5.61. The van der Waals surface area contributed by atoms with E-state index in [4.69, 9.17) is 24.2 Å². The number of nitrogens with zero attached hydrogens (tertiary/aromatic N) is 4. The van der Waals surface area contributed by atoms with Gasteiger partial charge in [-0.3, -0.25) is 10.1 Å². The van der Waals surface area contributed by atoms with Gasteiger partial charge in [-0.15, -0.1) is 0 Å². The van der Waals surface area contributed by atoms with Crippen LogP contribution in [-0.4, -0.2) is 77.0 Å². The van der Waals surface area contributed by atoms with Crippen molar-refractivity contribution in [1.82, 2.24) is 14.9 Å². The molecule has 4 rings (SSSR count). The summed E-state index contributed by atoms with van der Waals surface area (Å²) in [6.07, 6.45) is -0.530. The monoisotopic (exact) mass is 525 g/mol. The average molecular weight is 526 g/mol. The van der Waals surface area contributed by atoms with Crippen molar-refractivity contribution in [3.63, 3.8) is 0 Å². The summed E-state index contributed by atoms with van der Waals surface area (Å²) in [7, 11) is 0. The summed E-state index contributed by atoms with van der Waals surface area (Å²) in [6.45, 7) is 18.0. The fraction of sp³-hybridized carbons (Fsp3) is 0.571. The molecule has 3 heterocycles. The third-order valence-electron chi connectivity index (χ3n) is 6.45. The van der Waals surface area contributed by atoms with Crippen molar-refractivity contribution in [1.29, 1.82) is 0 Å². The van der Waals surface area contributed by atoms with Gasteiger partial charge < -0.3 is 24.0 Å². The van der Waals surface area contributed by atoms with E-state index in [9.17, 15) is 9.59 Å². The number of rotatable bonds is 4. The number of fused-ring (bicyclic) bond motifs is 1. The Morgan fingerprint density at radius 3 is 2.63 bits per heavy atom. The van der Waals surface area contributed by atoms with Crippen LogP contribution in [0.3, 0.4) is 0 Å². The van der Waals surface area contributed by atoms with Crippen molar-refractivity contribution < 1.29 is 23.8 Å². The highest BCUT2D eigenvalue weighted by molar-refractivity contribution is 6.03. The maximum atomic E-state index is 13.8. The van der Waals surface area contributed by atoms with Gasteiger partial charge in [-0.05, 0) is 73.1 Å². The molecule has 1 aromatic carbocycles. The lowest BCUT2D eigenvalue weighted by Crippen LogP contribution is -2.44. The number of anilines is 2. The van der Waals surface area contributed by atoms with E-state index in [0.717, 1.165) is 11.1 Å². The van der Waals surface area contributed by atoms with E-state index in [1.54, 1.807) is 11.0 Å². The Morgan fingerprint density at radius 2 is 2.00 bits per heavy atom. The van der Waals surface area contributed by atoms with Crippen LogP contribution < -0.4 is 15.0 Å². The topological polar surface area (TPSA) is 106 Å². The predicted octanol–water partition coefficient (Wildman–Crippen LogP) is 4.66. The zero-order chi connectivity index (χ0) is 27.8. The van der Waals surface area contributed by atoms with Crippen molar-refractivity contribution in [2.24, 2.45) is 0 Å². The number of carbonyl (C=O) groups excluding carboxylic acids is 2. The number of nitrogens with one attached hydrogen (secondary N) is 1. The van der Waals surface area contributed by atoms with Gasteiger partial charge in [0, 0.05) is 24.3 Å². The molecule has 0 saturated carbocycles. The fourth-order valence-electron chi connectivity index (χ4n) is 4.66. The predicted molar refractivity (Wildman–Crippen MR) is 146 cm³/mol. The second-order valence-corrected chi connectivity index (χ2v) is 11.5. The molecular weight excluding hydrogens is 486 g/mol. The molecule has 10 heteroatoms. The quantitative estimate of drug-likeness (QED) is 0.615. The van der Waals surface area contributed by atoms with Gasteiger partial charge in [-0.25, -0.2) is 9.78 Å². The van der Waals surface area contributed by atoms with E-state index in [0.29, 0.717) is 55.7 Å². The molecule has 0 bridgehead atoms. The van der Waals surface area contributed by atoms with Crippen LogP contribution >= 0.6 is 0 Å². The molecule has 0 aliphatic carbocycles. The highest BCUT2D eigenvalue weighted by Crippen LogP contribution is 2.37. The number of carbonyl (C=O) groups is 2. The molecule has 1 saturated heterocycles.